The summed E-state index contributed by atoms with van der Waals surface area (Å²) in [4.78, 5) is 0. The van der Waals surface area contributed by atoms with Crippen molar-refractivity contribution >= 4 is 8.07 Å². The fraction of sp³-hybridized carbons (Fsp3) is 0.556. The van der Waals surface area contributed by atoms with Gasteiger partial charge in [0.05, 0.1) is 8.07 Å². The van der Waals surface area contributed by atoms with Gasteiger partial charge in [0.2, 0.25) is 0 Å². The molecule has 2 aliphatic rings. The van der Waals surface area contributed by atoms with E-state index >= 15 is 0 Å². The van der Waals surface area contributed by atoms with Crippen LogP contribution in [-0.4, -0.2) is 8.07 Å². The molecular formula is C18H28Si. The van der Waals surface area contributed by atoms with Gasteiger partial charge in [-0.3, -0.25) is 0 Å². The van der Waals surface area contributed by atoms with E-state index in [2.05, 4.69) is 76.5 Å². The Bertz CT molecular complexity index is 466. The number of allylic oxidation sites excluding steroid dienone is 7. The number of rotatable bonds is 3. The second-order valence-electron chi connectivity index (χ2n) is 7.80. The molecule has 2 unspecified atom stereocenters. The summed E-state index contributed by atoms with van der Waals surface area (Å²) in [6.07, 6.45) is 13.0. The molecule has 0 saturated heterocycles. The van der Waals surface area contributed by atoms with E-state index in [0.29, 0.717) is 11.3 Å². The molecule has 19 heavy (non-hydrogen) atoms. The van der Waals surface area contributed by atoms with Crippen LogP contribution in [0.15, 0.2) is 47.2 Å². The molecule has 0 N–H and O–H groups in total. The number of fused-ring (bicyclic) bond motifs is 2. The first-order valence-electron chi connectivity index (χ1n) is 7.46. The normalized spacial score (nSPS) is 30.0. The lowest BCUT2D eigenvalue weighted by molar-refractivity contribution is 0.212. The van der Waals surface area contributed by atoms with E-state index < -0.39 is 8.07 Å². The van der Waals surface area contributed by atoms with Crippen LogP contribution in [0.3, 0.4) is 0 Å². The van der Waals surface area contributed by atoms with Crippen LogP contribution in [0, 0.1) is 17.3 Å². The average Bonchev–Trinajstić information content (AvgIpc) is 2.41. The second kappa shape index (κ2) is 4.94. The topological polar surface area (TPSA) is 0 Å². The number of hydrogen-bond acceptors (Lipinski definition) is 0. The Labute approximate surface area is 120 Å². The zero-order valence-corrected chi connectivity index (χ0v) is 14.3. The van der Waals surface area contributed by atoms with E-state index in [1.165, 1.54) is 12.0 Å². The monoisotopic (exact) mass is 272 g/mol. The first-order valence-corrected chi connectivity index (χ1v) is 11.0. The fourth-order valence-corrected chi connectivity index (χ4v) is 4.19. The van der Waals surface area contributed by atoms with Gasteiger partial charge in [-0.2, -0.15) is 0 Å². The van der Waals surface area contributed by atoms with Gasteiger partial charge in [0, 0.05) is 5.92 Å². The van der Waals surface area contributed by atoms with Gasteiger partial charge in [0.1, 0.15) is 0 Å². The molecule has 2 rings (SSSR count). The van der Waals surface area contributed by atoms with E-state index in [0.717, 1.165) is 5.92 Å². The predicted molar refractivity (Wildman–Crippen MR) is 88.8 cm³/mol. The molecule has 0 aromatic carbocycles. The Morgan fingerprint density at radius 3 is 2.53 bits per heavy atom. The first-order chi connectivity index (χ1) is 8.72. The van der Waals surface area contributed by atoms with Crippen molar-refractivity contribution in [3.63, 3.8) is 0 Å². The third kappa shape index (κ3) is 3.02. The van der Waals surface area contributed by atoms with Crippen molar-refractivity contribution in [2.75, 3.05) is 0 Å². The second-order valence-corrected chi connectivity index (χ2v) is 12.9. The fourth-order valence-electron chi connectivity index (χ4n) is 3.50. The molecular weight excluding hydrogens is 244 g/mol. The lowest BCUT2D eigenvalue weighted by atomic mass is 9.66. The lowest BCUT2D eigenvalue weighted by Crippen LogP contribution is -2.30. The Kier molecular flexibility index (Phi) is 3.79. The summed E-state index contributed by atoms with van der Waals surface area (Å²) in [5, 5.41) is 0. The lowest BCUT2D eigenvalue weighted by Gasteiger charge is -2.38. The molecule has 0 aromatic rings. The SMILES string of the molecule is CC1=CCC2C=C(/C=C\C=C\[Si](C)(C)C)C1C2(C)C. The Balaban J connectivity index is 2.15. The van der Waals surface area contributed by atoms with Crippen molar-refractivity contribution in [2.45, 2.75) is 46.8 Å². The summed E-state index contributed by atoms with van der Waals surface area (Å²) in [5.74, 6) is 1.35. The van der Waals surface area contributed by atoms with Crippen molar-refractivity contribution in [1.29, 1.82) is 0 Å². The van der Waals surface area contributed by atoms with E-state index in [4.69, 9.17) is 0 Å². The third-order valence-electron chi connectivity index (χ3n) is 4.57. The van der Waals surface area contributed by atoms with Gasteiger partial charge in [0.15, 0.2) is 0 Å². The zero-order valence-electron chi connectivity index (χ0n) is 13.3. The average molecular weight is 273 g/mol. The molecule has 0 radical (unpaired) electrons. The summed E-state index contributed by atoms with van der Waals surface area (Å²) in [6, 6.07) is 0. The summed E-state index contributed by atoms with van der Waals surface area (Å²) in [6.45, 7) is 14.3. The zero-order chi connectivity index (χ0) is 14.3. The molecule has 0 nitrogen and oxygen atoms in total. The molecule has 0 amide bonds. The molecule has 0 aliphatic heterocycles. The molecule has 2 bridgehead atoms. The predicted octanol–water partition coefficient (Wildman–Crippen LogP) is 5.52. The van der Waals surface area contributed by atoms with Crippen LogP contribution in [-0.2, 0) is 0 Å². The molecule has 0 fully saturated rings. The van der Waals surface area contributed by atoms with Crippen molar-refractivity contribution in [1.82, 2.24) is 0 Å². The molecule has 2 aliphatic carbocycles. The van der Waals surface area contributed by atoms with Crippen LogP contribution in [0.5, 0.6) is 0 Å². The minimum Gasteiger partial charge on any atom is -0.0950 e. The van der Waals surface area contributed by atoms with Crippen LogP contribution < -0.4 is 0 Å². The highest BCUT2D eigenvalue weighted by atomic mass is 28.3. The Morgan fingerprint density at radius 1 is 1.21 bits per heavy atom. The van der Waals surface area contributed by atoms with Gasteiger partial charge < -0.3 is 0 Å². The molecule has 1 heteroatoms. The quantitative estimate of drug-likeness (QED) is 0.360. The molecule has 0 spiro atoms. The summed E-state index contributed by atoms with van der Waals surface area (Å²) < 4.78 is 0. The maximum atomic E-state index is 2.51. The summed E-state index contributed by atoms with van der Waals surface area (Å²) >= 11 is 0. The molecule has 2 atom stereocenters. The highest BCUT2D eigenvalue weighted by Crippen LogP contribution is 2.54. The van der Waals surface area contributed by atoms with Crippen LogP contribution in [0.4, 0.5) is 0 Å². The van der Waals surface area contributed by atoms with E-state index in [1.807, 2.05) is 0 Å². The largest absolute Gasteiger partial charge is 0.0950 e. The molecule has 0 aromatic heterocycles. The van der Waals surface area contributed by atoms with E-state index in [-0.39, 0.29) is 0 Å². The third-order valence-corrected chi connectivity index (χ3v) is 5.76. The molecule has 104 valence electrons. The minimum atomic E-state index is -1.06. The Morgan fingerprint density at radius 2 is 1.89 bits per heavy atom. The van der Waals surface area contributed by atoms with Crippen molar-refractivity contribution in [3.05, 3.63) is 47.2 Å². The maximum Gasteiger partial charge on any atom is 0.0687 e. The Hall–Kier alpha value is -0.823. The summed E-state index contributed by atoms with van der Waals surface area (Å²) in [5.41, 5.74) is 5.89. The van der Waals surface area contributed by atoms with Gasteiger partial charge >= 0.3 is 0 Å². The highest BCUT2D eigenvalue weighted by molar-refractivity contribution is 6.80. The van der Waals surface area contributed by atoms with Crippen LogP contribution >= 0.6 is 0 Å². The van der Waals surface area contributed by atoms with Gasteiger partial charge in [-0.15, -0.1) is 0 Å². The van der Waals surface area contributed by atoms with Gasteiger partial charge in [-0.05, 0) is 30.3 Å². The van der Waals surface area contributed by atoms with Gasteiger partial charge in [0.25, 0.3) is 0 Å². The van der Waals surface area contributed by atoms with Crippen LogP contribution in [0.1, 0.15) is 27.2 Å². The van der Waals surface area contributed by atoms with Crippen LogP contribution in [0.25, 0.3) is 0 Å². The van der Waals surface area contributed by atoms with E-state index in [1.54, 1.807) is 5.57 Å². The van der Waals surface area contributed by atoms with E-state index in [9.17, 15) is 0 Å². The van der Waals surface area contributed by atoms with Crippen molar-refractivity contribution in [3.8, 4) is 0 Å². The van der Waals surface area contributed by atoms with Crippen LogP contribution in [0.2, 0.25) is 19.6 Å². The minimum absolute atomic E-state index is 0.404. The number of hydrogen-bond donors (Lipinski definition) is 0. The molecule has 0 saturated carbocycles. The van der Waals surface area contributed by atoms with Crippen molar-refractivity contribution in [2.24, 2.45) is 17.3 Å². The maximum absolute atomic E-state index is 2.51. The van der Waals surface area contributed by atoms with Gasteiger partial charge in [-0.25, -0.2) is 0 Å². The standard InChI is InChI=1S/C18H28Si/c1-14-10-11-16-13-15(17(14)18(16,2)3)9-7-8-12-19(4,5)6/h7-10,12-13,16-17H,11H2,1-6H3/b9-7-,12-8+. The first kappa shape index (κ1) is 14.6. The molecule has 0 heterocycles. The highest BCUT2D eigenvalue weighted by Gasteiger charge is 2.45. The smallest absolute Gasteiger partial charge is 0.0687 e. The van der Waals surface area contributed by atoms with Gasteiger partial charge in [-0.1, -0.05) is 75.1 Å². The van der Waals surface area contributed by atoms with Crippen molar-refractivity contribution < 1.29 is 0 Å². The summed E-state index contributed by atoms with van der Waals surface area (Å²) in [7, 11) is -1.06.